The van der Waals surface area contributed by atoms with Gasteiger partial charge in [-0.05, 0) is 120 Å². The highest BCUT2D eigenvalue weighted by Crippen LogP contribution is 2.47. The largest absolute Gasteiger partial charge is 0.293 e. The normalized spacial score (nSPS) is 13.6. The van der Waals surface area contributed by atoms with E-state index in [9.17, 15) is 0 Å². The van der Waals surface area contributed by atoms with Crippen molar-refractivity contribution in [3.8, 4) is 0 Å². The molecule has 0 bridgehead atoms. The quantitative estimate of drug-likeness (QED) is 0.172. The van der Waals surface area contributed by atoms with E-state index in [0.29, 0.717) is 0 Å². The first-order valence-corrected chi connectivity index (χ1v) is 18.2. The minimum atomic E-state index is 0.864. The highest BCUT2D eigenvalue weighted by atomic mass is 32.2. The summed E-state index contributed by atoms with van der Waals surface area (Å²) < 4.78 is 0. The zero-order valence-electron chi connectivity index (χ0n) is 26.8. The Morgan fingerprint density at radius 2 is 0.940 bits per heavy atom. The Hall–Kier alpha value is -5.70. The van der Waals surface area contributed by atoms with Gasteiger partial charge in [0.15, 0.2) is 0 Å². The molecule has 4 aromatic heterocycles. The zero-order valence-corrected chi connectivity index (χ0v) is 28.4. The van der Waals surface area contributed by atoms with Gasteiger partial charge in [0.1, 0.15) is 11.6 Å². The molecule has 1 aliphatic carbocycles. The van der Waals surface area contributed by atoms with E-state index in [1.165, 1.54) is 52.3 Å². The van der Waals surface area contributed by atoms with Crippen LogP contribution >= 0.6 is 23.5 Å². The van der Waals surface area contributed by atoms with Gasteiger partial charge in [-0.25, -0.2) is 9.97 Å². The Morgan fingerprint density at radius 3 is 1.36 bits per heavy atom. The van der Waals surface area contributed by atoms with E-state index in [0.717, 1.165) is 47.2 Å². The molecule has 0 saturated heterocycles. The highest BCUT2D eigenvalue weighted by Gasteiger charge is 2.29. The van der Waals surface area contributed by atoms with Crippen molar-refractivity contribution in [2.75, 3.05) is 9.80 Å². The van der Waals surface area contributed by atoms with Crippen LogP contribution in [0.4, 0.5) is 34.4 Å². The van der Waals surface area contributed by atoms with Crippen molar-refractivity contribution in [2.45, 2.75) is 32.4 Å². The summed E-state index contributed by atoms with van der Waals surface area (Å²) in [7, 11) is 0. The molecule has 50 heavy (non-hydrogen) atoms. The summed E-state index contributed by atoms with van der Waals surface area (Å²) in [5, 5.41) is 2.83. The Balaban J connectivity index is 1.09. The number of pyridine rings is 4. The fourth-order valence-corrected chi connectivity index (χ4v) is 9.71. The van der Waals surface area contributed by atoms with E-state index >= 15 is 0 Å². The third-order valence-corrected chi connectivity index (χ3v) is 11.7. The number of fused-ring (bicyclic) bond motifs is 4. The number of hydrogen-bond donors (Lipinski definition) is 0. The summed E-state index contributed by atoms with van der Waals surface area (Å²) in [6.45, 7) is 0. The number of anilines is 6. The Morgan fingerprint density at radius 1 is 0.440 bits per heavy atom. The molecule has 0 N–H and O–H groups in total. The van der Waals surface area contributed by atoms with Crippen LogP contribution in [0, 0.1) is 0 Å². The number of aromatic nitrogens is 4. The van der Waals surface area contributed by atoms with Crippen molar-refractivity contribution in [3.63, 3.8) is 0 Å². The molecule has 238 valence electrons. The third-order valence-electron chi connectivity index (χ3n) is 9.46. The molecular weight excluding hydrogens is 653 g/mol. The minimum absolute atomic E-state index is 0.864. The van der Waals surface area contributed by atoms with Gasteiger partial charge in [0.25, 0.3) is 0 Å². The molecule has 0 atom stereocenters. The topological polar surface area (TPSA) is 58.0 Å². The lowest BCUT2D eigenvalue weighted by Crippen LogP contribution is -2.38. The summed E-state index contributed by atoms with van der Waals surface area (Å²) in [5.41, 5.74) is 9.66. The summed E-state index contributed by atoms with van der Waals surface area (Å²) in [6, 6.07) is 38.5. The maximum absolute atomic E-state index is 4.70. The third kappa shape index (κ3) is 4.82. The van der Waals surface area contributed by atoms with E-state index in [-0.39, 0.29) is 0 Å². The molecule has 7 aromatic rings. The maximum atomic E-state index is 4.70. The standard InChI is InChI=1S/C42H28N6S2/c1-3-21-45-39(9-1)47(29-7-5-19-43-25-29)27-11-13-31-33-15-16-34-32-14-12-28(48(30-8-6-20-44-26-30)40-10-2-4-22-46-40)24-38(32)50-36-18-17-35(41(33)42(34)36)49-37(31)23-27/h1-14,17-26H,15-16H2. The molecule has 0 radical (unpaired) electrons. The van der Waals surface area contributed by atoms with Gasteiger partial charge in [-0.3, -0.25) is 19.8 Å². The first-order valence-electron chi connectivity index (χ1n) is 16.6. The van der Waals surface area contributed by atoms with Gasteiger partial charge in [-0.2, -0.15) is 0 Å². The summed E-state index contributed by atoms with van der Waals surface area (Å²) in [4.78, 5) is 27.8. The summed E-state index contributed by atoms with van der Waals surface area (Å²) in [5.74, 6) is 1.73. The van der Waals surface area contributed by atoms with Gasteiger partial charge in [0, 0.05) is 66.2 Å². The van der Waals surface area contributed by atoms with Crippen molar-refractivity contribution >= 4 is 69.1 Å². The molecule has 0 fully saturated rings. The average Bonchev–Trinajstić information content (AvgIpc) is 3.18. The molecule has 3 aliphatic rings. The van der Waals surface area contributed by atoms with Crippen LogP contribution in [-0.4, -0.2) is 19.9 Å². The van der Waals surface area contributed by atoms with E-state index < -0.39 is 0 Å². The second kappa shape index (κ2) is 12.0. The van der Waals surface area contributed by atoms with Crippen molar-refractivity contribution in [1.82, 2.24) is 19.9 Å². The molecule has 0 spiro atoms. The van der Waals surface area contributed by atoms with Crippen LogP contribution in [0.2, 0.25) is 0 Å². The van der Waals surface area contributed by atoms with Crippen molar-refractivity contribution in [1.29, 1.82) is 0 Å². The fourth-order valence-electron chi connectivity index (χ4n) is 7.35. The van der Waals surface area contributed by atoms with Gasteiger partial charge in [0.05, 0.1) is 23.8 Å². The molecule has 10 rings (SSSR count). The number of rotatable bonds is 6. The smallest absolute Gasteiger partial charge is 0.137 e. The van der Waals surface area contributed by atoms with Gasteiger partial charge in [-0.1, -0.05) is 47.8 Å². The number of hydrogen-bond acceptors (Lipinski definition) is 8. The molecule has 2 aliphatic heterocycles. The molecule has 6 heterocycles. The van der Waals surface area contributed by atoms with E-state index in [1.807, 2.05) is 96.8 Å². The van der Waals surface area contributed by atoms with Crippen LogP contribution in [0.3, 0.4) is 0 Å². The molecule has 8 heteroatoms. The Kier molecular flexibility index (Phi) is 7.03. The molecule has 3 aromatic carbocycles. The molecule has 6 nitrogen and oxygen atoms in total. The van der Waals surface area contributed by atoms with Crippen molar-refractivity contribution in [3.05, 3.63) is 168 Å². The van der Waals surface area contributed by atoms with Gasteiger partial charge < -0.3 is 0 Å². The Labute approximate surface area is 297 Å². The maximum Gasteiger partial charge on any atom is 0.137 e. The van der Waals surface area contributed by atoms with Crippen LogP contribution in [0.1, 0.15) is 24.0 Å². The first kappa shape index (κ1) is 29.2. The van der Waals surface area contributed by atoms with Crippen molar-refractivity contribution < 1.29 is 0 Å². The van der Waals surface area contributed by atoms with Gasteiger partial charge in [-0.15, -0.1) is 0 Å². The SMILES string of the molecule is c1ccc(N(c2cccnc2)c2ccc3c(c2)Sc2ccc4c5c2=C3CCC=5c2ccc(N(c3cccnc3)c3ccccn3)cc2S4)nc1. The van der Waals surface area contributed by atoms with E-state index in [4.69, 9.17) is 9.97 Å². The summed E-state index contributed by atoms with van der Waals surface area (Å²) >= 11 is 3.75. The van der Waals surface area contributed by atoms with Crippen LogP contribution in [0.15, 0.2) is 166 Å². The minimum Gasteiger partial charge on any atom is -0.293 e. The molecule has 0 amide bonds. The van der Waals surface area contributed by atoms with Crippen LogP contribution in [0.5, 0.6) is 0 Å². The number of nitrogens with zero attached hydrogens (tertiary/aromatic N) is 6. The lowest BCUT2D eigenvalue weighted by atomic mass is 9.86. The van der Waals surface area contributed by atoms with Gasteiger partial charge in [0.2, 0.25) is 0 Å². The molecule has 0 unspecified atom stereocenters. The second-order valence-electron chi connectivity index (χ2n) is 12.3. The number of benzene rings is 3. The lowest BCUT2D eigenvalue weighted by Gasteiger charge is -2.31. The fraction of sp³-hybridized carbons (Fsp3) is 0.0476. The molecule has 0 saturated carbocycles. The van der Waals surface area contributed by atoms with E-state index in [2.05, 4.69) is 80.4 Å². The van der Waals surface area contributed by atoms with Gasteiger partial charge >= 0.3 is 0 Å². The first-order chi connectivity index (χ1) is 24.8. The van der Waals surface area contributed by atoms with Crippen LogP contribution in [-0.2, 0) is 0 Å². The Bertz CT molecular complexity index is 2290. The van der Waals surface area contributed by atoms with Crippen LogP contribution < -0.4 is 20.2 Å². The second-order valence-corrected chi connectivity index (χ2v) is 14.5. The molecular formula is C42H28N6S2. The lowest BCUT2D eigenvalue weighted by molar-refractivity contribution is 0.981. The summed E-state index contributed by atoms with van der Waals surface area (Å²) in [6.07, 6.45) is 13.1. The average molecular weight is 681 g/mol. The van der Waals surface area contributed by atoms with Crippen LogP contribution in [0.25, 0.3) is 11.1 Å². The monoisotopic (exact) mass is 680 g/mol. The predicted octanol–water partition coefficient (Wildman–Crippen LogP) is 9.33. The highest BCUT2D eigenvalue weighted by molar-refractivity contribution is 8.00. The van der Waals surface area contributed by atoms with E-state index in [1.54, 1.807) is 12.4 Å². The van der Waals surface area contributed by atoms with Crippen molar-refractivity contribution in [2.24, 2.45) is 0 Å². The zero-order chi connectivity index (χ0) is 33.0. The predicted molar refractivity (Wildman–Crippen MR) is 202 cm³/mol.